The van der Waals surface area contributed by atoms with Crippen molar-refractivity contribution in [1.29, 1.82) is 0 Å². The van der Waals surface area contributed by atoms with Gasteiger partial charge in [0.25, 0.3) is 5.56 Å². The van der Waals surface area contributed by atoms with E-state index in [0.29, 0.717) is 11.4 Å². The van der Waals surface area contributed by atoms with Crippen LogP contribution in [0.3, 0.4) is 0 Å². The van der Waals surface area contributed by atoms with Gasteiger partial charge in [-0.15, -0.1) is 0 Å². The zero-order chi connectivity index (χ0) is 16.9. The molecule has 0 bridgehead atoms. The van der Waals surface area contributed by atoms with Gasteiger partial charge in [0.15, 0.2) is 11.2 Å². The fourth-order valence-corrected chi connectivity index (χ4v) is 2.11. The van der Waals surface area contributed by atoms with Crippen LogP contribution in [-0.2, 0) is 11.5 Å². The number of imidazole rings is 1. The summed E-state index contributed by atoms with van der Waals surface area (Å²) in [6, 6.07) is 9.23. The molecule has 0 aliphatic heterocycles. The molecule has 0 spiro atoms. The first kappa shape index (κ1) is 16.0. The molecule has 0 fully saturated rings. The van der Waals surface area contributed by atoms with Crippen LogP contribution in [0.1, 0.15) is 0 Å². The number of aromatic amines is 1. The number of anilines is 1. The van der Waals surface area contributed by atoms with Gasteiger partial charge in [0.05, 0.1) is 12.9 Å². The summed E-state index contributed by atoms with van der Waals surface area (Å²) in [6.07, 6.45) is 0.890. The molecule has 0 radical (unpaired) electrons. The minimum atomic E-state index is -0.540. The summed E-state index contributed by atoms with van der Waals surface area (Å²) in [5.74, 6) is 0.689. The SMILES string of the molecule is Nc1nc2c(ncn2COC(CO)COc2ccccc2)c(=O)[nH]1. The molecule has 1 atom stereocenters. The molecule has 2 heterocycles. The Labute approximate surface area is 136 Å². The highest BCUT2D eigenvalue weighted by atomic mass is 16.5. The van der Waals surface area contributed by atoms with Crippen LogP contribution in [0.25, 0.3) is 11.2 Å². The molecule has 0 aliphatic rings. The lowest BCUT2D eigenvalue weighted by Crippen LogP contribution is -2.26. The van der Waals surface area contributed by atoms with E-state index in [9.17, 15) is 9.90 Å². The lowest BCUT2D eigenvalue weighted by Gasteiger charge is -2.16. The Hall–Kier alpha value is -2.91. The van der Waals surface area contributed by atoms with Crippen molar-refractivity contribution in [2.45, 2.75) is 12.8 Å². The van der Waals surface area contributed by atoms with Crippen LogP contribution < -0.4 is 16.0 Å². The van der Waals surface area contributed by atoms with Crippen LogP contribution in [-0.4, -0.2) is 43.9 Å². The van der Waals surface area contributed by atoms with Crippen LogP contribution in [0.5, 0.6) is 5.75 Å². The first-order valence-corrected chi connectivity index (χ1v) is 7.28. The number of aromatic nitrogens is 4. The first-order valence-electron chi connectivity index (χ1n) is 7.28. The summed E-state index contributed by atoms with van der Waals surface area (Å²) in [4.78, 5) is 22.1. The minimum Gasteiger partial charge on any atom is -0.491 e. The van der Waals surface area contributed by atoms with Gasteiger partial charge in [0.2, 0.25) is 5.95 Å². The minimum absolute atomic E-state index is 0.000342. The highest BCUT2D eigenvalue weighted by Crippen LogP contribution is 2.10. The molecule has 0 amide bonds. The second-order valence-corrected chi connectivity index (χ2v) is 5.06. The smallest absolute Gasteiger partial charge is 0.280 e. The lowest BCUT2D eigenvalue weighted by molar-refractivity contribution is -0.0437. The van der Waals surface area contributed by atoms with Gasteiger partial charge in [-0.3, -0.25) is 14.3 Å². The van der Waals surface area contributed by atoms with Crippen molar-refractivity contribution in [3.63, 3.8) is 0 Å². The number of nitrogens with zero attached hydrogens (tertiary/aromatic N) is 3. The molecule has 0 aliphatic carbocycles. The van der Waals surface area contributed by atoms with Gasteiger partial charge >= 0.3 is 0 Å². The van der Waals surface area contributed by atoms with Crippen molar-refractivity contribution in [3.8, 4) is 5.75 Å². The van der Waals surface area contributed by atoms with Gasteiger partial charge in [0, 0.05) is 0 Å². The Kier molecular flexibility index (Phi) is 4.73. The predicted octanol–water partition coefficient (Wildman–Crippen LogP) is 0.116. The second-order valence-electron chi connectivity index (χ2n) is 5.06. The van der Waals surface area contributed by atoms with E-state index in [1.54, 1.807) is 0 Å². The van der Waals surface area contributed by atoms with Gasteiger partial charge in [0.1, 0.15) is 25.2 Å². The molecule has 9 heteroatoms. The maximum absolute atomic E-state index is 11.7. The average Bonchev–Trinajstić information content (AvgIpc) is 2.99. The summed E-state index contributed by atoms with van der Waals surface area (Å²) in [6.45, 7) is 0.0225. The third kappa shape index (κ3) is 3.53. The number of aliphatic hydroxyl groups excluding tert-OH is 1. The van der Waals surface area contributed by atoms with Gasteiger partial charge < -0.3 is 20.3 Å². The Morgan fingerprint density at radius 1 is 1.33 bits per heavy atom. The standard InChI is InChI=1S/C15H17N5O4/c16-15-18-13-12(14(22)19-15)17-8-20(13)9-24-11(6-21)7-23-10-4-2-1-3-5-10/h1-5,8,11,21H,6-7,9H2,(H3,16,18,19,22). The third-order valence-electron chi connectivity index (χ3n) is 3.33. The summed E-state index contributed by atoms with van der Waals surface area (Å²) in [7, 11) is 0. The fourth-order valence-electron chi connectivity index (χ4n) is 2.11. The topological polar surface area (TPSA) is 128 Å². The maximum Gasteiger partial charge on any atom is 0.280 e. The van der Waals surface area contributed by atoms with Crippen LogP contribution in [0.15, 0.2) is 41.5 Å². The Morgan fingerprint density at radius 2 is 2.12 bits per heavy atom. The number of aliphatic hydroxyl groups is 1. The predicted molar refractivity (Wildman–Crippen MR) is 86.5 cm³/mol. The largest absolute Gasteiger partial charge is 0.491 e. The van der Waals surface area contributed by atoms with Crippen LogP contribution in [0, 0.1) is 0 Å². The lowest BCUT2D eigenvalue weighted by atomic mass is 10.3. The highest BCUT2D eigenvalue weighted by molar-refractivity contribution is 5.70. The van der Waals surface area contributed by atoms with E-state index in [-0.39, 0.29) is 31.4 Å². The van der Waals surface area contributed by atoms with E-state index in [1.165, 1.54) is 10.9 Å². The summed E-state index contributed by atoms with van der Waals surface area (Å²) in [5.41, 5.74) is 5.62. The number of ether oxygens (including phenoxy) is 2. The van der Waals surface area contributed by atoms with E-state index in [0.717, 1.165) is 0 Å². The van der Waals surface area contributed by atoms with Gasteiger partial charge in [-0.2, -0.15) is 4.98 Å². The number of benzene rings is 1. The number of nitrogens with two attached hydrogens (primary N) is 1. The van der Waals surface area contributed by atoms with Crippen molar-refractivity contribution in [1.82, 2.24) is 19.5 Å². The number of hydrogen-bond donors (Lipinski definition) is 3. The van der Waals surface area contributed by atoms with Crippen LogP contribution in [0.2, 0.25) is 0 Å². The number of rotatable bonds is 7. The third-order valence-corrected chi connectivity index (χ3v) is 3.33. The van der Waals surface area contributed by atoms with Crippen molar-refractivity contribution >= 4 is 17.1 Å². The quantitative estimate of drug-likeness (QED) is 0.560. The van der Waals surface area contributed by atoms with Gasteiger partial charge in [-0.25, -0.2) is 4.98 Å². The first-order chi connectivity index (χ1) is 11.7. The number of hydrogen-bond acceptors (Lipinski definition) is 7. The molecule has 3 aromatic rings. The molecular weight excluding hydrogens is 314 g/mol. The maximum atomic E-state index is 11.7. The highest BCUT2D eigenvalue weighted by Gasteiger charge is 2.13. The Morgan fingerprint density at radius 3 is 2.88 bits per heavy atom. The number of nitrogens with one attached hydrogen (secondary N) is 1. The molecule has 0 saturated heterocycles. The van der Waals surface area contributed by atoms with E-state index >= 15 is 0 Å². The summed E-state index contributed by atoms with van der Waals surface area (Å²) < 4.78 is 12.7. The van der Waals surface area contributed by atoms with Crippen LogP contribution in [0.4, 0.5) is 5.95 Å². The van der Waals surface area contributed by atoms with E-state index in [1.807, 2.05) is 30.3 Å². The molecule has 3 rings (SSSR count). The molecule has 9 nitrogen and oxygen atoms in total. The molecule has 1 aromatic carbocycles. The Balaban J connectivity index is 1.64. The molecule has 1 unspecified atom stereocenters. The number of H-pyrrole nitrogens is 1. The van der Waals surface area contributed by atoms with E-state index < -0.39 is 11.7 Å². The summed E-state index contributed by atoms with van der Waals surface area (Å²) >= 11 is 0. The van der Waals surface area contributed by atoms with Gasteiger partial charge in [-0.05, 0) is 12.1 Å². The molecular formula is C15H17N5O4. The fraction of sp³-hybridized carbons (Fsp3) is 0.267. The number of nitrogen functional groups attached to an aromatic ring is 1. The van der Waals surface area contributed by atoms with Gasteiger partial charge in [-0.1, -0.05) is 18.2 Å². The van der Waals surface area contributed by atoms with Crippen molar-refractivity contribution in [2.75, 3.05) is 18.9 Å². The van der Waals surface area contributed by atoms with Crippen LogP contribution >= 0.6 is 0 Å². The van der Waals surface area contributed by atoms with E-state index in [2.05, 4.69) is 15.0 Å². The Bertz CT molecular complexity index is 861. The van der Waals surface area contributed by atoms with Crippen molar-refractivity contribution in [2.24, 2.45) is 0 Å². The number of para-hydroxylation sites is 1. The molecule has 2 aromatic heterocycles. The molecule has 0 saturated carbocycles. The molecule has 24 heavy (non-hydrogen) atoms. The monoisotopic (exact) mass is 331 g/mol. The summed E-state index contributed by atoms with van der Waals surface area (Å²) in [5, 5.41) is 9.41. The zero-order valence-electron chi connectivity index (χ0n) is 12.8. The average molecular weight is 331 g/mol. The second kappa shape index (κ2) is 7.11. The van der Waals surface area contributed by atoms with Crippen molar-refractivity contribution < 1.29 is 14.6 Å². The zero-order valence-corrected chi connectivity index (χ0v) is 12.8. The number of fused-ring (bicyclic) bond motifs is 1. The molecule has 4 N–H and O–H groups in total. The van der Waals surface area contributed by atoms with Crippen molar-refractivity contribution in [3.05, 3.63) is 47.0 Å². The van der Waals surface area contributed by atoms with E-state index in [4.69, 9.17) is 15.2 Å². The molecule has 126 valence electrons. The normalized spacial score (nSPS) is 12.4.